The van der Waals surface area contributed by atoms with Crippen molar-refractivity contribution in [2.75, 3.05) is 26.2 Å². The van der Waals surface area contributed by atoms with Gasteiger partial charge in [0.2, 0.25) is 0 Å². The van der Waals surface area contributed by atoms with Crippen molar-refractivity contribution in [3.8, 4) is 0 Å². The van der Waals surface area contributed by atoms with Crippen molar-refractivity contribution in [3.05, 3.63) is 11.6 Å². The summed E-state index contributed by atoms with van der Waals surface area (Å²) in [6.45, 7) is 4.49. The monoisotopic (exact) mass is 263 g/mol. The first-order valence-electron chi connectivity index (χ1n) is 8.18. The number of hydrogen-bond donors (Lipinski definition) is 2. The topological polar surface area (TPSA) is 41.3 Å². The second-order valence-corrected chi connectivity index (χ2v) is 6.70. The number of hydrogen-bond acceptors (Lipinski definition) is 3. The summed E-state index contributed by atoms with van der Waals surface area (Å²) in [6.07, 6.45) is 12.9. The van der Waals surface area contributed by atoms with Crippen molar-refractivity contribution in [1.82, 2.24) is 10.2 Å². The molecule has 0 spiro atoms. The van der Waals surface area contributed by atoms with E-state index in [0.29, 0.717) is 0 Å². The zero-order valence-electron chi connectivity index (χ0n) is 12.2. The fraction of sp³-hybridized carbons (Fsp3) is 0.875. The Hall–Kier alpha value is -0.380. The van der Waals surface area contributed by atoms with Crippen LogP contribution in [0.1, 0.15) is 51.4 Å². The maximum absolute atomic E-state index is 6.12. The van der Waals surface area contributed by atoms with Gasteiger partial charge in [-0.3, -0.25) is 0 Å². The third-order valence-electron chi connectivity index (χ3n) is 5.47. The standard InChI is InChI=1S/C16H29N3/c17-13-16(18-9-7-14-4-1-2-5-14)8-11-19-10-3-6-15(19)12-16/h4,15,18H,1-3,5-13,17H2. The maximum atomic E-state index is 6.12. The van der Waals surface area contributed by atoms with E-state index in [9.17, 15) is 0 Å². The van der Waals surface area contributed by atoms with E-state index >= 15 is 0 Å². The Bertz CT molecular complexity index is 339. The molecular formula is C16H29N3. The quantitative estimate of drug-likeness (QED) is 0.746. The van der Waals surface area contributed by atoms with Crippen LogP contribution in [0.2, 0.25) is 0 Å². The highest BCUT2D eigenvalue weighted by Gasteiger charge is 2.40. The van der Waals surface area contributed by atoms with Crippen LogP contribution in [0.4, 0.5) is 0 Å². The lowest BCUT2D eigenvalue weighted by Gasteiger charge is -2.44. The number of rotatable bonds is 5. The molecule has 3 heteroatoms. The van der Waals surface area contributed by atoms with Gasteiger partial charge >= 0.3 is 0 Å². The van der Waals surface area contributed by atoms with Crippen LogP contribution in [0.5, 0.6) is 0 Å². The second-order valence-electron chi connectivity index (χ2n) is 6.70. The zero-order chi connectivity index (χ0) is 13.1. The molecule has 2 saturated heterocycles. The lowest BCUT2D eigenvalue weighted by atomic mass is 9.83. The van der Waals surface area contributed by atoms with Crippen LogP contribution in [0.25, 0.3) is 0 Å². The van der Waals surface area contributed by atoms with Crippen LogP contribution in [0, 0.1) is 0 Å². The van der Waals surface area contributed by atoms with Crippen molar-refractivity contribution >= 4 is 0 Å². The van der Waals surface area contributed by atoms with Crippen molar-refractivity contribution in [1.29, 1.82) is 0 Å². The van der Waals surface area contributed by atoms with E-state index in [2.05, 4.69) is 16.3 Å². The summed E-state index contributed by atoms with van der Waals surface area (Å²) < 4.78 is 0. The number of fused-ring (bicyclic) bond motifs is 1. The van der Waals surface area contributed by atoms with Gasteiger partial charge in [-0.25, -0.2) is 0 Å². The average Bonchev–Trinajstić information content (AvgIpc) is 3.08. The highest BCUT2D eigenvalue weighted by molar-refractivity contribution is 5.08. The van der Waals surface area contributed by atoms with E-state index in [0.717, 1.165) is 19.1 Å². The molecule has 2 aliphatic heterocycles. The Labute approximate surface area is 117 Å². The van der Waals surface area contributed by atoms with Crippen LogP contribution in [-0.4, -0.2) is 42.7 Å². The molecule has 0 aromatic carbocycles. The molecule has 2 unspecified atom stereocenters. The smallest absolute Gasteiger partial charge is 0.0331 e. The van der Waals surface area contributed by atoms with Gasteiger partial charge in [0, 0.05) is 24.7 Å². The van der Waals surface area contributed by atoms with Crippen molar-refractivity contribution < 1.29 is 0 Å². The Balaban J connectivity index is 1.51. The molecule has 19 heavy (non-hydrogen) atoms. The van der Waals surface area contributed by atoms with Crippen LogP contribution < -0.4 is 11.1 Å². The van der Waals surface area contributed by atoms with Gasteiger partial charge in [-0.15, -0.1) is 0 Å². The molecule has 0 bridgehead atoms. The van der Waals surface area contributed by atoms with Crippen LogP contribution in [0.15, 0.2) is 11.6 Å². The zero-order valence-corrected chi connectivity index (χ0v) is 12.2. The van der Waals surface area contributed by atoms with Gasteiger partial charge in [0.25, 0.3) is 0 Å². The first-order chi connectivity index (χ1) is 9.31. The molecule has 3 aliphatic rings. The Morgan fingerprint density at radius 3 is 3.11 bits per heavy atom. The minimum absolute atomic E-state index is 0.227. The lowest BCUT2D eigenvalue weighted by molar-refractivity contribution is 0.111. The molecule has 0 amide bonds. The molecule has 0 aromatic rings. The SMILES string of the molecule is NCC1(NCCC2=CCCC2)CCN2CCCC2C1. The number of allylic oxidation sites excluding steroid dienone is 1. The highest BCUT2D eigenvalue weighted by atomic mass is 15.2. The van der Waals surface area contributed by atoms with Gasteiger partial charge in [0.15, 0.2) is 0 Å². The fourth-order valence-electron chi connectivity index (χ4n) is 4.20. The molecule has 0 saturated carbocycles. The fourth-order valence-corrected chi connectivity index (χ4v) is 4.20. The van der Waals surface area contributed by atoms with Crippen molar-refractivity contribution in [2.24, 2.45) is 5.73 Å². The Morgan fingerprint density at radius 2 is 2.32 bits per heavy atom. The molecular weight excluding hydrogens is 234 g/mol. The van der Waals surface area contributed by atoms with E-state index in [1.54, 1.807) is 5.57 Å². The number of nitrogens with one attached hydrogen (secondary N) is 1. The molecule has 1 aliphatic carbocycles. The minimum atomic E-state index is 0.227. The summed E-state index contributed by atoms with van der Waals surface area (Å²) in [5, 5.41) is 3.83. The summed E-state index contributed by atoms with van der Waals surface area (Å²) in [4.78, 5) is 2.68. The van der Waals surface area contributed by atoms with Gasteiger partial charge in [-0.05, 0) is 64.5 Å². The summed E-state index contributed by atoms with van der Waals surface area (Å²) in [6, 6.07) is 0.801. The molecule has 3 nitrogen and oxygen atoms in total. The molecule has 3 rings (SSSR count). The number of nitrogens with zero attached hydrogens (tertiary/aromatic N) is 1. The van der Waals surface area contributed by atoms with E-state index in [1.165, 1.54) is 64.5 Å². The van der Waals surface area contributed by atoms with Crippen LogP contribution >= 0.6 is 0 Å². The second kappa shape index (κ2) is 5.94. The van der Waals surface area contributed by atoms with Gasteiger partial charge < -0.3 is 16.0 Å². The molecule has 2 fully saturated rings. The van der Waals surface area contributed by atoms with E-state index in [1.807, 2.05) is 0 Å². The molecule has 3 N–H and O–H groups in total. The largest absolute Gasteiger partial charge is 0.329 e. The minimum Gasteiger partial charge on any atom is -0.329 e. The molecule has 0 radical (unpaired) electrons. The first-order valence-corrected chi connectivity index (χ1v) is 8.18. The summed E-state index contributed by atoms with van der Waals surface area (Å²) in [5.74, 6) is 0. The normalized spacial score (nSPS) is 35.4. The molecule has 0 aromatic heterocycles. The van der Waals surface area contributed by atoms with Crippen LogP contribution in [-0.2, 0) is 0 Å². The van der Waals surface area contributed by atoms with E-state index in [4.69, 9.17) is 5.73 Å². The number of nitrogens with two attached hydrogens (primary N) is 1. The van der Waals surface area contributed by atoms with E-state index in [-0.39, 0.29) is 5.54 Å². The summed E-state index contributed by atoms with van der Waals surface area (Å²) >= 11 is 0. The van der Waals surface area contributed by atoms with Crippen molar-refractivity contribution in [3.63, 3.8) is 0 Å². The third kappa shape index (κ3) is 3.04. The summed E-state index contributed by atoms with van der Waals surface area (Å²) in [5.41, 5.74) is 8.01. The predicted molar refractivity (Wildman–Crippen MR) is 80.2 cm³/mol. The maximum Gasteiger partial charge on any atom is 0.0331 e. The molecule has 2 heterocycles. The predicted octanol–water partition coefficient (Wildman–Crippen LogP) is 2.03. The third-order valence-corrected chi connectivity index (χ3v) is 5.47. The number of piperidine rings is 1. The Kier molecular flexibility index (Phi) is 4.25. The van der Waals surface area contributed by atoms with E-state index < -0.39 is 0 Å². The lowest BCUT2D eigenvalue weighted by Crippen LogP contribution is -2.59. The molecule has 2 atom stereocenters. The summed E-state index contributed by atoms with van der Waals surface area (Å²) in [7, 11) is 0. The van der Waals surface area contributed by atoms with Crippen molar-refractivity contribution in [2.45, 2.75) is 62.9 Å². The van der Waals surface area contributed by atoms with Gasteiger partial charge in [0.1, 0.15) is 0 Å². The van der Waals surface area contributed by atoms with Crippen LogP contribution in [0.3, 0.4) is 0 Å². The average molecular weight is 263 g/mol. The van der Waals surface area contributed by atoms with Gasteiger partial charge in [0.05, 0.1) is 0 Å². The molecule has 108 valence electrons. The first kappa shape index (κ1) is 13.6. The van der Waals surface area contributed by atoms with Gasteiger partial charge in [-0.2, -0.15) is 0 Å². The Morgan fingerprint density at radius 1 is 1.37 bits per heavy atom. The van der Waals surface area contributed by atoms with Gasteiger partial charge in [-0.1, -0.05) is 11.6 Å². The highest BCUT2D eigenvalue weighted by Crippen LogP contribution is 2.32.